The Bertz CT molecular complexity index is 339. The van der Waals surface area contributed by atoms with Crippen molar-refractivity contribution >= 4 is 21.7 Å². The third kappa shape index (κ3) is 2.83. The summed E-state index contributed by atoms with van der Waals surface area (Å²) in [4.78, 5) is 17.8. The van der Waals surface area contributed by atoms with Crippen LogP contribution in [0.4, 0.5) is 5.82 Å². The molecule has 0 bridgehead atoms. The Morgan fingerprint density at radius 1 is 1.64 bits per heavy atom. The smallest absolute Gasteiger partial charge is 0.290 e. The number of anilines is 1. The molecule has 0 spiro atoms. The van der Waals surface area contributed by atoms with E-state index in [-0.39, 0.29) is 11.6 Å². The molecule has 78 valence electrons. The first-order valence-corrected chi connectivity index (χ1v) is 5.63. The molecule has 0 saturated heterocycles. The molecule has 0 radical (unpaired) electrons. The number of hydrogen-bond acceptors (Lipinski definition) is 3. The molecular formula is C9H14BrN3O. The van der Waals surface area contributed by atoms with E-state index >= 15 is 0 Å². The van der Waals surface area contributed by atoms with Crippen LogP contribution >= 0.6 is 15.9 Å². The van der Waals surface area contributed by atoms with Gasteiger partial charge in [0.2, 0.25) is 0 Å². The van der Waals surface area contributed by atoms with Crippen molar-refractivity contribution < 1.29 is 0 Å². The summed E-state index contributed by atoms with van der Waals surface area (Å²) >= 11 is 3.40. The average molecular weight is 260 g/mol. The molecule has 2 unspecified atom stereocenters. The number of aromatic nitrogens is 2. The van der Waals surface area contributed by atoms with Crippen LogP contribution < -0.4 is 10.9 Å². The number of hydrogen-bond donors (Lipinski definition) is 2. The van der Waals surface area contributed by atoms with E-state index in [9.17, 15) is 4.79 Å². The van der Waals surface area contributed by atoms with Gasteiger partial charge in [0.15, 0.2) is 5.82 Å². The van der Waals surface area contributed by atoms with Crippen LogP contribution in [0.15, 0.2) is 17.2 Å². The minimum absolute atomic E-state index is 0.180. The SMILES string of the molecule is CC(CBr)C(C)Nc1ncc[nH]c1=O. The predicted molar refractivity (Wildman–Crippen MR) is 60.9 cm³/mol. The van der Waals surface area contributed by atoms with Crippen molar-refractivity contribution in [3.8, 4) is 0 Å². The van der Waals surface area contributed by atoms with Gasteiger partial charge in [-0.3, -0.25) is 4.79 Å². The van der Waals surface area contributed by atoms with Crippen LogP contribution in [0, 0.1) is 5.92 Å². The number of nitrogens with zero attached hydrogens (tertiary/aromatic N) is 1. The summed E-state index contributed by atoms with van der Waals surface area (Å²) in [5, 5.41) is 3.97. The number of nitrogens with one attached hydrogen (secondary N) is 2. The minimum Gasteiger partial charge on any atom is -0.363 e. The molecule has 1 rings (SSSR count). The lowest BCUT2D eigenvalue weighted by molar-refractivity contribution is 0.569. The first kappa shape index (κ1) is 11.2. The van der Waals surface area contributed by atoms with Crippen molar-refractivity contribution in [1.82, 2.24) is 9.97 Å². The second kappa shape index (κ2) is 5.14. The first-order valence-electron chi connectivity index (χ1n) is 4.51. The summed E-state index contributed by atoms with van der Waals surface area (Å²) in [6.07, 6.45) is 3.08. The standard InChI is InChI=1S/C9H14BrN3O/c1-6(5-10)7(2)13-8-9(14)12-4-3-11-8/h3-4,6-7H,5H2,1-2H3,(H,11,13)(H,12,14). The Morgan fingerprint density at radius 3 is 2.93 bits per heavy atom. The van der Waals surface area contributed by atoms with Crippen LogP contribution in [0.5, 0.6) is 0 Å². The van der Waals surface area contributed by atoms with Crippen LogP contribution in [0.3, 0.4) is 0 Å². The van der Waals surface area contributed by atoms with Gasteiger partial charge in [-0.05, 0) is 12.8 Å². The lowest BCUT2D eigenvalue weighted by atomic mass is 10.1. The molecule has 2 N–H and O–H groups in total. The maximum atomic E-state index is 11.3. The molecule has 2 atom stereocenters. The molecule has 0 aliphatic heterocycles. The van der Waals surface area contributed by atoms with Crippen molar-refractivity contribution in [2.24, 2.45) is 5.92 Å². The average Bonchev–Trinajstić information content (AvgIpc) is 2.20. The highest BCUT2D eigenvalue weighted by Crippen LogP contribution is 2.09. The van der Waals surface area contributed by atoms with Crippen LogP contribution in [0.25, 0.3) is 0 Å². The summed E-state index contributed by atoms with van der Waals surface area (Å²) in [6.45, 7) is 4.13. The fourth-order valence-corrected chi connectivity index (χ4v) is 1.51. The van der Waals surface area contributed by atoms with Gasteiger partial charge in [-0.25, -0.2) is 4.98 Å². The lowest BCUT2D eigenvalue weighted by Crippen LogP contribution is -2.28. The van der Waals surface area contributed by atoms with E-state index in [1.54, 1.807) is 6.20 Å². The summed E-state index contributed by atoms with van der Waals surface area (Å²) in [7, 11) is 0. The number of aromatic amines is 1. The molecule has 4 nitrogen and oxygen atoms in total. The van der Waals surface area contributed by atoms with Gasteiger partial charge in [0, 0.05) is 23.8 Å². The van der Waals surface area contributed by atoms with E-state index in [2.05, 4.69) is 38.1 Å². The molecule has 1 heterocycles. The highest BCUT2D eigenvalue weighted by molar-refractivity contribution is 9.09. The Balaban J connectivity index is 2.69. The van der Waals surface area contributed by atoms with Crippen molar-refractivity contribution in [3.05, 3.63) is 22.7 Å². The Kier molecular flexibility index (Phi) is 4.13. The zero-order chi connectivity index (χ0) is 10.6. The maximum absolute atomic E-state index is 11.3. The van der Waals surface area contributed by atoms with Gasteiger partial charge < -0.3 is 10.3 Å². The third-order valence-corrected chi connectivity index (χ3v) is 3.19. The summed E-state index contributed by atoms with van der Waals surface area (Å²) in [5.74, 6) is 0.823. The number of rotatable bonds is 4. The normalized spacial score (nSPS) is 14.8. The van der Waals surface area contributed by atoms with E-state index in [1.165, 1.54) is 6.20 Å². The highest BCUT2D eigenvalue weighted by Gasteiger charge is 2.12. The Hall–Kier alpha value is -0.840. The first-order chi connectivity index (χ1) is 6.65. The van der Waals surface area contributed by atoms with Gasteiger partial charge in [-0.2, -0.15) is 0 Å². The minimum atomic E-state index is -0.180. The van der Waals surface area contributed by atoms with Crippen molar-refractivity contribution in [2.75, 3.05) is 10.6 Å². The van der Waals surface area contributed by atoms with E-state index in [0.717, 1.165) is 5.33 Å². The molecule has 1 aromatic rings. The predicted octanol–water partition coefficient (Wildman–Crippen LogP) is 1.60. The Labute approximate surface area is 91.3 Å². The third-order valence-electron chi connectivity index (χ3n) is 2.17. The monoisotopic (exact) mass is 259 g/mol. The second-order valence-electron chi connectivity index (χ2n) is 3.33. The highest BCUT2D eigenvalue weighted by atomic mass is 79.9. The molecule has 5 heteroatoms. The van der Waals surface area contributed by atoms with E-state index < -0.39 is 0 Å². The molecule has 0 saturated carbocycles. The zero-order valence-corrected chi connectivity index (χ0v) is 9.84. The maximum Gasteiger partial charge on any atom is 0.290 e. The van der Waals surface area contributed by atoms with E-state index in [0.29, 0.717) is 11.7 Å². The second-order valence-corrected chi connectivity index (χ2v) is 3.98. The molecule has 14 heavy (non-hydrogen) atoms. The molecule has 0 aromatic carbocycles. The largest absolute Gasteiger partial charge is 0.363 e. The van der Waals surface area contributed by atoms with Gasteiger partial charge in [-0.1, -0.05) is 22.9 Å². The molecular weight excluding hydrogens is 246 g/mol. The van der Waals surface area contributed by atoms with Gasteiger partial charge in [-0.15, -0.1) is 0 Å². The van der Waals surface area contributed by atoms with Crippen LogP contribution in [-0.2, 0) is 0 Å². The van der Waals surface area contributed by atoms with E-state index in [4.69, 9.17) is 0 Å². The summed E-state index contributed by atoms with van der Waals surface area (Å²) in [6, 6.07) is 0.213. The topological polar surface area (TPSA) is 57.8 Å². The van der Waals surface area contributed by atoms with Crippen molar-refractivity contribution in [2.45, 2.75) is 19.9 Å². The number of halogens is 1. The van der Waals surface area contributed by atoms with Crippen molar-refractivity contribution in [3.63, 3.8) is 0 Å². The fourth-order valence-electron chi connectivity index (χ4n) is 0.946. The number of alkyl halides is 1. The molecule has 0 aliphatic rings. The quantitative estimate of drug-likeness (QED) is 0.808. The summed E-state index contributed by atoms with van der Waals surface area (Å²) < 4.78 is 0. The van der Waals surface area contributed by atoms with Crippen LogP contribution in [-0.4, -0.2) is 21.3 Å². The fraction of sp³-hybridized carbons (Fsp3) is 0.556. The molecule has 0 aliphatic carbocycles. The zero-order valence-electron chi connectivity index (χ0n) is 8.25. The van der Waals surface area contributed by atoms with Crippen LogP contribution in [0.1, 0.15) is 13.8 Å². The van der Waals surface area contributed by atoms with Gasteiger partial charge in [0.25, 0.3) is 5.56 Å². The molecule has 0 fully saturated rings. The Morgan fingerprint density at radius 2 is 2.36 bits per heavy atom. The van der Waals surface area contributed by atoms with Crippen LogP contribution in [0.2, 0.25) is 0 Å². The lowest BCUT2D eigenvalue weighted by Gasteiger charge is -2.18. The van der Waals surface area contributed by atoms with Gasteiger partial charge >= 0.3 is 0 Å². The summed E-state index contributed by atoms with van der Waals surface area (Å²) in [5.41, 5.74) is -0.180. The van der Waals surface area contributed by atoms with E-state index in [1.807, 2.05) is 6.92 Å². The number of H-pyrrole nitrogens is 1. The van der Waals surface area contributed by atoms with Crippen molar-refractivity contribution in [1.29, 1.82) is 0 Å². The molecule has 1 aromatic heterocycles. The molecule has 0 amide bonds. The van der Waals surface area contributed by atoms with Gasteiger partial charge in [0.05, 0.1) is 0 Å². The van der Waals surface area contributed by atoms with Gasteiger partial charge in [0.1, 0.15) is 0 Å².